The minimum absolute atomic E-state index is 0.0103. The monoisotopic (exact) mass is 865 g/mol. The number of nitrogens with zero attached hydrogens (tertiary/aromatic N) is 2. The lowest BCUT2D eigenvalue weighted by atomic mass is 9.55. The number of benzene rings is 3. The van der Waals surface area contributed by atoms with Crippen molar-refractivity contribution < 1.29 is 43.6 Å². The summed E-state index contributed by atoms with van der Waals surface area (Å²) in [7, 11) is 1.61. The Morgan fingerprint density at radius 3 is 2.41 bits per heavy atom. The summed E-state index contributed by atoms with van der Waals surface area (Å²) in [5.74, 6) is -0.591. The number of fused-ring (bicyclic) bond motifs is 2. The van der Waals surface area contributed by atoms with E-state index in [1.54, 1.807) is 19.3 Å². The number of aliphatic hydroxyl groups excluding tert-OH is 2. The predicted octanol–water partition coefficient (Wildman–Crippen LogP) is 8.90. The summed E-state index contributed by atoms with van der Waals surface area (Å²) in [6, 6.07) is 22.1. The van der Waals surface area contributed by atoms with Gasteiger partial charge in [0.2, 0.25) is 11.7 Å². The Balaban J connectivity index is 1.53. The molecule has 0 saturated heterocycles. The number of hydrogen-bond donors (Lipinski definition) is 3. The van der Waals surface area contributed by atoms with Crippen molar-refractivity contribution >= 4 is 17.7 Å². The predicted molar refractivity (Wildman–Crippen MR) is 244 cm³/mol. The Hall–Kier alpha value is -5.17. The number of hydrogen-bond acceptors (Lipinski definition) is 10. The van der Waals surface area contributed by atoms with Crippen LogP contribution in [-0.4, -0.2) is 83.7 Å². The molecule has 0 radical (unpaired) electrons. The van der Waals surface area contributed by atoms with Crippen molar-refractivity contribution in [1.82, 2.24) is 10.2 Å². The second kappa shape index (κ2) is 22.0. The Labute approximate surface area is 373 Å². The fourth-order valence-electron chi connectivity index (χ4n) is 9.57. The zero-order chi connectivity index (χ0) is 45.0. The van der Waals surface area contributed by atoms with E-state index in [-0.39, 0.29) is 49.9 Å². The standard InChI is InChI=1S/C51H67N3O9/c1-7-25-54(46(57)30-36-19-16-21-38(29-36)59-6)45-33-43(53-63-50(3,4)5)41-31-37(20-12-14-26-55)40(22-13-15-27-56)47-42-32-39(61-49(58)52-34-35-17-10-9-11-18-35)23-24-44(42)62-51(45,48(41)47)60-28-8-2/h8-11,16-19,21,23-24,29,31-32,37,40,45,47-48,55-56H,2,7,12-15,20,22,25-28,30,33-34H2,1,3-6H3,(H,52,58)/t37-,40+,45-,47+,48+,51+/m0/s1. The molecule has 2 amide bonds. The van der Waals surface area contributed by atoms with Gasteiger partial charge in [-0.15, -0.1) is 6.58 Å². The number of nitrogens with one attached hydrogen (secondary N) is 1. The molecule has 3 aliphatic rings. The number of unbranched alkanes of at least 4 members (excludes halogenated alkanes) is 2. The van der Waals surface area contributed by atoms with E-state index in [1.165, 1.54) is 0 Å². The smallest absolute Gasteiger partial charge is 0.412 e. The molecular formula is C51H67N3O9. The van der Waals surface area contributed by atoms with Crippen LogP contribution in [0.2, 0.25) is 0 Å². The average Bonchev–Trinajstić information content (AvgIpc) is 3.27. The number of methoxy groups -OCH3 is 1. The second-order valence-corrected chi connectivity index (χ2v) is 17.8. The molecule has 3 aromatic rings. The number of rotatable bonds is 21. The molecule has 1 heterocycles. The van der Waals surface area contributed by atoms with Gasteiger partial charge in [0.1, 0.15) is 28.9 Å². The third-order valence-electron chi connectivity index (χ3n) is 12.2. The number of carbonyl (C=O) groups is 2. The Morgan fingerprint density at radius 1 is 0.968 bits per heavy atom. The van der Waals surface area contributed by atoms with Gasteiger partial charge in [-0.1, -0.05) is 79.5 Å². The van der Waals surface area contributed by atoms with Crippen molar-refractivity contribution in [3.8, 4) is 17.2 Å². The second-order valence-electron chi connectivity index (χ2n) is 17.8. The highest BCUT2D eigenvalue weighted by atomic mass is 16.7. The van der Waals surface area contributed by atoms with Gasteiger partial charge in [-0.3, -0.25) is 4.79 Å². The van der Waals surface area contributed by atoms with Gasteiger partial charge in [0.25, 0.3) is 0 Å². The van der Waals surface area contributed by atoms with Crippen LogP contribution in [-0.2, 0) is 27.3 Å². The summed E-state index contributed by atoms with van der Waals surface area (Å²) >= 11 is 0. The lowest BCUT2D eigenvalue weighted by Gasteiger charge is -2.60. The number of amides is 2. The number of ether oxygens (including phenoxy) is 4. The molecule has 0 unspecified atom stereocenters. The molecule has 6 atom stereocenters. The molecule has 3 aromatic carbocycles. The summed E-state index contributed by atoms with van der Waals surface area (Å²) in [5, 5.41) is 27.7. The van der Waals surface area contributed by atoms with Crippen molar-refractivity contribution in [1.29, 1.82) is 0 Å². The first kappa shape index (κ1) is 47.3. The van der Waals surface area contributed by atoms with Gasteiger partial charge in [0.15, 0.2) is 0 Å². The summed E-state index contributed by atoms with van der Waals surface area (Å²) in [6.45, 7) is 13.0. The molecule has 1 saturated carbocycles. The number of carbonyl (C=O) groups excluding carboxylic acids is 2. The van der Waals surface area contributed by atoms with Gasteiger partial charge in [0, 0.05) is 44.2 Å². The summed E-state index contributed by atoms with van der Waals surface area (Å²) in [6.07, 6.45) is 9.03. The van der Waals surface area contributed by atoms with E-state index in [0.717, 1.165) is 53.7 Å². The molecule has 12 heteroatoms. The third kappa shape index (κ3) is 11.5. The van der Waals surface area contributed by atoms with E-state index < -0.39 is 29.4 Å². The Morgan fingerprint density at radius 2 is 1.71 bits per heavy atom. The van der Waals surface area contributed by atoms with Gasteiger partial charge in [-0.25, -0.2) is 4.79 Å². The Kier molecular flexibility index (Phi) is 16.5. The maximum Gasteiger partial charge on any atom is 0.412 e. The van der Waals surface area contributed by atoms with Crippen LogP contribution in [0.25, 0.3) is 0 Å². The lowest BCUT2D eigenvalue weighted by molar-refractivity contribution is -0.257. The fourth-order valence-corrected chi connectivity index (χ4v) is 9.57. The summed E-state index contributed by atoms with van der Waals surface area (Å²) in [4.78, 5) is 36.4. The van der Waals surface area contributed by atoms with Crippen LogP contribution in [0.3, 0.4) is 0 Å². The first-order valence-corrected chi connectivity index (χ1v) is 22.6. The topological polar surface area (TPSA) is 148 Å². The zero-order valence-electron chi connectivity index (χ0n) is 37.7. The number of allylic oxidation sites excluding steroid dienone is 1. The zero-order valence-corrected chi connectivity index (χ0v) is 37.7. The largest absolute Gasteiger partial charge is 0.497 e. The minimum atomic E-state index is -1.40. The highest BCUT2D eigenvalue weighted by molar-refractivity contribution is 6.03. The Bertz CT molecular complexity index is 2060. The van der Waals surface area contributed by atoms with Crippen LogP contribution in [0.1, 0.15) is 102 Å². The van der Waals surface area contributed by atoms with E-state index in [4.69, 9.17) is 28.9 Å². The molecule has 63 heavy (non-hydrogen) atoms. The normalized spacial score (nSPS) is 23.1. The first-order chi connectivity index (χ1) is 30.4. The molecule has 0 aromatic heterocycles. The van der Waals surface area contributed by atoms with E-state index in [0.29, 0.717) is 56.0 Å². The first-order valence-electron chi connectivity index (χ1n) is 22.6. The van der Waals surface area contributed by atoms with Crippen LogP contribution in [0, 0.1) is 17.8 Å². The highest BCUT2D eigenvalue weighted by Gasteiger charge is 2.65. The minimum Gasteiger partial charge on any atom is -0.497 e. The molecule has 0 spiro atoms. The molecule has 6 rings (SSSR count). The molecule has 2 aliphatic carbocycles. The molecule has 0 bridgehead atoms. The molecule has 1 aliphatic heterocycles. The third-order valence-corrected chi connectivity index (χ3v) is 12.2. The maximum absolute atomic E-state index is 14.9. The quantitative estimate of drug-likeness (QED) is 0.0543. The van der Waals surface area contributed by atoms with Gasteiger partial charge in [-0.2, -0.15) is 0 Å². The van der Waals surface area contributed by atoms with Gasteiger partial charge in [0.05, 0.1) is 31.8 Å². The van der Waals surface area contributed by atoms with E-state index in [2.05, 4.69) is 24.9 Å². The number of oxime groups is 1. The van der Waals surface area contributed by atoms with E-state index in [9.17, 15) is 19.8 Å². The fraction of sp³-hybridized carbons (Fsp3) is 0.510. The highest BCUT2D eigenvalue weighted by Crippen LogP contribution is 2.62. The van der Waals surface area contributed by atoms with Crippen LogP contribution in [0.15, 0.2) is 102 Å². The van der Waals surface area contributed by atoms with E-state index >= 15 is 0 Å². The van der Waals surface area contributed by atoms with Crippen molar-refractivity contribution in [2.75, 3.05) is 33.5 Å². The van der Waals surface area contributed by atoms with Crippen LogP contribution < -0.4 is 19.5 Å². The number of aliphatic hydroxyl groups is 2. The van der Waals surface area contributed by atoms with Crippen molar-refractivity contribution in [2.24, 2.45) is 22.9 Å². The summed E-state index contributed by atoms with van der Waals surface area (Å²) in [5.41, 5.74) is 3.68. The average molecular weight is 866 g/mol. The van der Waals surface area contributed by atoms with Crippen LogP contribution in [0.4, 0.5) is 4.79 Å². The summed E-state index contributed by atoms with van der Waals surface area (Å²) < 4.78 is 25.9. The molecule has 1 fully saturated rings. The maximum atomic E-state index is 14.9. The molecule has 3 N–H and O–H groups in total. The van der Waals surface area contributed by atoms with Gasteiger partial charge < -0.3 is 44.2 Å². The van der Waals surface area contributed by atoms with Crippen molar-refractivity contribution in [3.63, 3.8) is 0 Å². The molecular weight excluding hydrogens is 799 g/mol. The van der Waals surface area contributed by atoms with Crippen molar-refractivity contribution in [3.05, 3.63) is 114 Å². The van der Waals surface area contributed by atoms with Gasteiger partial charge >= 0.3 is 6.09 Å². The lowest BCUT2D eigenvalue weighted by Crippen LogP contribution is -2.70. The molecule has 340 valence electrons. The van der Waals surface area contributed by atoms with Crippen molar-refractivity contribution in [2.45, 2.75) is 115 Å². The van der Waals surface area contributed by atoms with Gasteiger partial charge in [-0.05, 0) is 112 Å². The SMILES string of the molecule is C=CCO[C@@]12Oc3ccc(OC(=O)NCc4ccccc4)cc3[C@H]3[C@H](CCCCO)[C@@H](CCCCO)C=C(C(=NOC(C)(C)C)C[C@@H]1N(CCC)C(=O)Cc1cccc(OC)c1)[C@H]32. The van der Waals surface area contributed by atoms with E-state index in [1.807, 2.05) is 92.4 Å². The molecule has 12 nitrogen and oxygen atoms in total. The van der Waals surface area contributed by atoms with Crippen LogP contribution in [0.5, 0.6) is 17.2 Å². The van der Waals surface area contributed by atoms with Crippen LogP contribution >= 0.6 is 0 Å².